The predicted molar refractivity (Wildman–Crippen MR) is 68.5 cm³/mol. The van der Waals surface area contributed by atoms with Gasteiger partial charge in [0.1, 0.15) is 11.5 Å². The lowest BCUT2D eigenvalue weighted by atomic mass is 10.2. The Labute approximate surface area is 109 Å². The predicted octanol–water partition coefficient (Wildman–Crippen LogP) is 3.99. The first-order valence-corrected chi connectivity index (χ1v) is 6.33. The highest BCUT2D eigenvalue weighted by Crippen LogP contribution is 2.34. The first-order chi connectivity index (χ1) is 8.58. The molecule has 1 fully saturated rings. The molecular formula is C12H14ClFN2O2. The van der Waals surface area contributed by atoms with E-state index in [4.69, 9.17) is 11.6 Å². The van der Waals surface area contributed by atoms with Gasteiger partial charge in [-0.25, -0.2) is 4.39 Å². The molecule has 4 nitrogen and oxygen atoms in total. The molecule has 1 aliphatic carbocycles. The topological polar surface area (TPSA) is 55.2 Å². The van der Waals surface area contributed by atoms with E-state index in [0.29, 0.717) is 6.54 Å². The van der Waals surface area contributed by atoms with Crippen LogP contribution in [-0.2, 0) is 0 Å². The Bertz CT molecular complexity index is 464. The van der Waals surface area contributed by atoms with Crippen molar-refractivity contribution in [1.29, 1.82) is 0 Å². The standard InChI is InChI=1S/C12H14ClFN2O2/c13-9-6-11(12(16(17)18)7-10(9)14)15-5-1-2-8-3-4-8/h6-8,15H,1-5H2. The van der Waals surface area contributed by atoms with Crippen LogP contribution in [0.25, 0.3) is 0 Å². The van der Waals surface area contributed by atoms with Crippen molar-refractivity contribution in [3.63, 3.8) is 0 Å². The first kappa shape index (κ1) is 13.1. The molecule has 1 aliphatic rings. The highest BCUT2D eigenvalue weighted by molar-refractivity contribution is 6.31. The van der Waals surface area contributed by atoms with Gasteiger partial charge in [-0.2, -0.15) is 0 Å². The Balaban J connectivity index is 1.99. The van der Waals surface area contributed by atoms with Gasteiger partial charge in [0.05, 0.1) is 16.0 Å². The molecule has 0 unspecified atom stereocenters. The minimum Gasteiger partial charge on any atom is -0.379 e. The van der Waals surface area contributed by atoms with Crippen molar-refractivity contribution in [1.82, 2.24) is 0 Å². The van der Waals surface area contributed by atoms with Crippen LogP contribution >= 0.6 is 11.6 Å². The molecule has 0 aromatic heterocycles. The van der Waals surface area contributed by atoms with E-state index < -0.39 is 10.7 Å². The van der Waals surface area contributed by atoms with Crippen LogP contribution in [0.4, 0.5) is 15.8 Å². The van der Waals surface area contributed by atoms with Crippen LogP contribution in [-0.4, -0.2) is 11.5 Å². The molecule has 18 heavy (non-hydrogen) atoms. The summed E-state index contributed by atoms with van der Waals surface area (Å²) in [4.78, 5) is 10.2. The lowest BCUT2D eigenvalue weighted by molar-refractivity contribution is -0.384. The van der Waals surface area contributed by atoms with E-state index >= 15 is 0 Å². The van der Waals surface area contributed by atoms with Crippen molar-refractivity contribution < 1.29 is 9.31 Å². The number of rotatable bonds is 6. The molecule has 1 saturated carbocycles. The second-order valence-electron chi connectivity index (χ2n) is 4.55. The van der Waals surface area contributed by atoms with E-state index in [1.165, 1.54) is 18.9 Å². The van der Waals surface area contributed by atoms with Crippen LogP contribution in [0.2, 0.25) is 5.02 Å². The van der Waals surface area contributed by atoms with Crippen molar-refractivity contribution in [2.24, 2.45) is 5.92 Å². The molecule has 0 aliphatic heterocycles. The van der Waals surface area contributed by atoms with Crippen LogP contribution in [0.5, 0.6) is 0 Å². The van der Waals surface area contributed by atoms with E-state index in [2.05, 4.69) is 5.32 Å². The number of anilines is 1. The van der Waals surface area contributed by atoms with Gasteiger partial charge in [-0.1, -0.05) is 24.4 Å². The summed E-state index contributed by atoms with van der Waals surface area (Å²) < 4.78 is 13.2. The molecule has 1 aromatic rings. The molecule has 6 heteroatoms. The highest BCUT2D eigenvalue weighted by Gasteiger charge is 2.21. The Kier molecular flexibility index (Phi) is 4.01. The van der Waals surface area contributed by atoms with Crippen molar-refractivity contribution in [2.45, 2.75) is 25.7 Å². The van der Waals surface area contributed by atoms with Crippen LogP contribution in [0, 0.1) is 21.8 Å². The van der Waals surface area contributed by atoms with Gasteiger partial charge in [-0.3, -0.25) is 10.1 Å². The lowest BCUT2D eigenvalue weighted by Crippen LogP contribution is -2.05. The van der Waals surface area contributed by atoms with Gasteiger partial charge in [0, 0.05) is 6.54 Å². The quantitative estimate of drug-likeness (QED) is 0.484. The van der Waals surface area contributed by atoms with E-state index in [-0.39, 0.29) is 16.4 Å². The SMILES string of the molecule is O=[N+]([O-])c1cc(F)c(Cl)cc1NCCCC1CC1. The second kappa shape index (κ2) is 5.52. The molecule has 0 saturated heterocycles. The van der Waals surface area contributed by atoms with E-state index in [0.717, 1.165) is 24.8 Å². The molecule has 0 bridgehead atoms. The molecule has 0 spiro atoms. The first-order valence-electron chi connectivity index (χ1n) is 5.95. The van der Waals surface area contributed by atoms with Crippen molar-refractivity contribution in [2.75, 3.05) is 11.9 Å². The Morgan fingerprint density at radius 1 is 1.50 bits per heavy atom. The number of nitrogens with one attached hydrogen (secondary N) is 1. The number of halogens is 2. The maximum atomic E-state index is 13.2. The van der Waals surface area contributed by atoms with Gasteiger partial charge in [0.25, 0.3) is 5.69 Å². The van der Waals surface area contributed by atoms with Gasteiger partial charge < -0.3 is 5.32 Å². The number of hydrogen-bond acceptors (Lipinski definition) is 3. The third-order valence-electron chi connectivity index (χ3n) is 3.04. The summed E-state index contributed by atoms with van der Waals surface area (Å²) in [7, 11) is 0. The minimum atomic E-state index is -0.771. The summed E-state index contributed by atoms with van der Waals surface area (Å²) in [5.41, 5.74) is 0.00511. The lowest BCUT2D eigenvalue weighted by Gasteiger charge is -2.07. The number of hydrogen-bond donors (Lipinski definition) is 1. The molecular weight excluding hydrogens is 259 g/mol. The fraction of sp³-hybridized carbons (Fsp3) is 0.500. The van der Waals surface area contributed by atoms with Crippen LogP contribution in [0.3, 0.4) is 0 Å². The smallest absolute Gasteiger partial charge is 0.295 e. The normalized spacial score (nSPS) is 14.6. The summed E-state index contributed by atoms with van der Waals surface area (Å²) in [6.45, 7) is 0.638. The van der Waals surface area contributed by atoms with Gasteiger partial charge >= 0.3 is 0 Å². The zero-order chi connectivity index (χ0) is 13.1. The number of nitrogens with zero attached hydrogens (tertiary/aromatic N) is 1. The summed E-state index contributed by atoms with van der Waals surface area (Å²) in [5, 5.41) is 13.6. The summed E-state index contributed by atoms with van der Waals surface area (Å²) >= 11 is 5.63. The van der Waals surface area contributed by atoms with Crippen molar-refractivity contribution in [3.8, 4) is 0 Å². The molecule has 1 aromatic carbocycles. The number of nitro benzene ring substituents is 1. The summed E-state index contributed by atoms with van der Waals surface area (Å²) in [6, 6.07) is 2.12. The summed E-state index contributed by atoms with van der Waals surface area (Å²) in [5.74, 6) is 0.0606. The van der Waals surface area contributed by atoms with E-state index in [1.54, 1.807) is 0 Å². The highest BCUT2D eigenvalue weighted by atomic mass is 35.5. The maximum Gasteiger partial charge on any atom is 0.295 e. The van der Waals surface area contributed by atoms with Crippen LogP contribution in [0.15, 0.2) is 12.1 Å². The molecule has 98 valence electrons. The molecule has 0 heterocycles. The van der Waals surface area contributed by atoms with Gasteiger partial charge in [0.15, 0.2) is 0 Å². The van der Waals surface area contributed by atoms with E-state index in [9.17, 15) is 14.5 Å². The zero-order valence-corrected chi connectivity index (χ0v) is 10.5. The molecule has 0 amide bonds. The average molecular weight is 273 g/mol. The average Bonchev–Trinajstić information content (AvgIpc) is 3.12. The molecule has 2 rings (SSSR count). The van der Waals surface area contributed by atoms with Gasteiger partial charge in [-0.05, 0) is 24.8 Å². The Morgan fingerprint density at radius 2 is 2.22 bits per heavy atom. The molecule has 0 atom stereocenters. The fourth-order valence-corrected chi connectivity index (χ4v) is 2.01. The Morgan fingerprint density at radius 3 is 2.83 bits per heavy atom. The van der Waals surface area contributed by atoms with Gasteiger partial charge in [-0.15, -0.1) is 0 Å². The van der Waals surface area contributed by atoms with Crippen molar-refractivity contribution >= 4 is 23.0 Å². The minimum absolute atomic E-state index is 0.106. The summed E-state index contributed by atoms with van der Waals surface area (Å²) in [6.07, 6.45) is 4.68. The third kappa shape index (κ3) is 3.32. The monoisotopic (exact) mass is 272 g/mol. The number of nitro groups is 1. The van der Waals surface area contributed by atoms with Gasteiger partial charge in [0.2, 0.25) is 0 Å². The van der Waals surface area contributed by atoms with Crippen LogP contribution in [0.1, 0.15) is 25.7 Å². The second-order valence-corrected chi connectivity index (χ2v) is 4.96. The maximum absolute atomic E-state index is 13.2. The molecule has 0 radical (unpaired) electrons. The largest absolute Gasteiger partial charge is 0.379 e. The van der Waals surface area contributed by atoms with Crippen LogP contribution < -0.4 is 5.32 Å². The van der Waals surface area contributed by atoms with Crippen molar-refractivity contribution in [3.05, 3.63) is 33.1 Å². The Hall–Kier alpha value is -1.36. The zero-order valence-electron chi connectivity index (χ0n) is 9.79. The van der Waals surface area contributed by atoms with E-state index in [1.807, 2.05) is 0 Å². The molecule has 1 N–H and O–H groups in total. The third-order valence-corrected chi connectivity index (χ3v) is 3.33. The number of benzene rings is 1. The fourth-order valence-electron chi connectivity index (χ4n) is 1.85.